The van der Waals surface area contributed by atoms with E-state index in [9.17, 15) is 4.79 Å². The molecular weight excluding hydrogens is 242 g/mol. The number of ether oxygens (including phenoxy) is 1. The van der Waals surface area contributed by atoms with Gasteiger partial charge in [-0.05, 0) is 30.7 Å². The van der Waals surface area contributed by atoms with E-state index in [0.717, 1.165) is 24.4 Å². The minimum absolute atomic E-state index is 0.0742. The number of methoxy groups -OCH3 is 1. The molecule has 19 heavy (non-hydrogen) atoms. The van der Waals surface area contributed by atoms with Gasteiger partial charge >= 0.3 is 0 Å². The van der Waals surface area contributed by atoms with Crippen LogP contribution in [-0.2, 0) is 4.79 Å². The van der Waals surface area contributed by atoms with Gasteiger partial charge in [0.1, 0.15) is 11.8 Å². The summed E-state index contributed by atoms with van der Waals surface area (Å²) >= 11 is 0. The molecule has 1 fully saturated rings. The van der Waals surface area contributed by atoms with E-state index in [1.807, 2.05) is 29.2 Å². The number of carbonyl (C=O) groups excluding carboxylic acids is 1. The summed E-state index contributed by atoms with van der Waals surface area (Å²) in [4.78, 5) is 14.0. The van der Waals surface area contributed by atoms with Gasteiger partial charge in [-0.25, -0.2) is 0 Å². The molecule has 1 N–H and O–H groups in total. The first kappa shape index (κ1) is 13.2. The molecule has 1 aliphatic heterocycles. The fraction of sp³-hybridized carbons (Fsp3) is 0.429. The molecule has 0 bridgehead atoms. The predicted molar refractivity (Wildman–Crippen MR) is 72.0 cm³/mol. The summed E-state index contributed by atoms with van der Waals surface area (Å²) in [6.07, 6.45) is 1.07. The third-order valence-corrected chi connectivity index (χ3v) is 3.24. The summed E-state index contributed by atoms with van der Waals surface area (Å²) < 4.78 is 5.13. The van der Waals surface area contributed by atoms with Crippen LogP contribution in [0.25, 0.3) is 0 Å². The first-order valence-corrected chi connectivity index (χ1v) is 6.31. The second-order valence-corrected chi connectivity index (χ2v) is 4.41. The van der Waals surface area contributed by atoms with Gasteiger partial charge < -0.3 is 15.0 Å². The molecule has 100 valence electrons. The molecule has 0 radical (unpaired) electrons. The lowest BCUT2D eigenvalue weighted by Gasteiger charge is -2.29. The molecule has 1 aromatic rings. The Labute approximate surface area is 112 Å². The third-order valence-electron chi connectivity index (χ3n) is 3.24. The van der Waals surface area contributed by atoms with Gasteiger partial charge in [0.25, 0.3) is 0 Å². The summed E-state index contributed by atoms with van der Waals surface area (Å²) in [6, 6.07) is 9.24. The van der Waals surface area contributed by atoms with Crippen LogP contribution in [0.2, 0.25) is 0 Å². The summed E-state index contributed by atoms with van der Waals surface area (Å²) in [7, 11) is 1.62. The first-order chi connectivity index (χ1) is 9.26. The number of nitrogens with zero attached hydrogens (tertiary/aromatic N) is 2. The van der Waals surface area contributed by atoms with Crippen molar-refractivity contribution in [2.45, 2.75) is 18.9 Å². The lowest BCUT2D eigenvalue weighted by Crippen LogP contribution is -2.44. The lowest BCUT2D eigenvalue weighted by molar-refractivity contribution is -0.121. The van der Waals surface area contributed by atoms with E-state index in [4.69, 9.17) is 10.00 Å². The summed E-state index contributed by atoms with van der Waals surface area (Å²) in [5.41, 5.74) is 0.943. The fourth-order valence-corrected chi connectivity index (χ4v) is 2.25. The van der Waals surface area contributed by atoms with Crippen LogP contribution in [0.15, 0.2) is 24.3 Å². The van der Waals surface area contributed by atoms with Gasteiger partial charge in [-0.15, -0.1) is 0 Å². The monoisotopic (exact) mass is 259 g/mol. The SMILES string of the molecule is COc1ccc(N2CCCNC(=O)C2CC#N)cc1. The van der Waals surface area contributed by atoms with Crippen LogP contribution in [-0.4, -0.2) is 32.1 Å². The average Bonchev–Trinajstić information content (AvgIpc) is 2.62. The van der Waals surface area contributed by atoms with Crippen molar-refractivity contribution in [1.82, 2.24) is 5.32 Å². The number of nitriles is 1. The third kappa shape index (κ3) is 2.97. The van der Waals surface area contributed by atoms with Crippen molar-refractivity contribution in [3.05, 3.63) is 24.3 Å². The van der Waals surface area contributed by atoms with Crippen LogP contribution in [0.1, 0.15) is 12.8 Å². The predicted octanol–water partition coefficient (Wildman–Crippen LogP) is 1.30. The molecule has 1 amide bonds. The molecule has 1 atom stereocenters. The smallest absolute Gasteiger partial charge is 0.243 e. The van der Waals surface area contributed by atoms with Crippen molar-refractivity contribution in [3.8, 4) is 11.8 Å². The number of rotatable bonds is 3. The minimum Gasteiger partial charge on any atom is -0.497 e. The van der Waals surface area contributed by atoms with Crippen molar-refractivity contribution >= 4 is 11.6 Å². The van der Waals surface area contributed by atoms with Crippen molar-refractivity contribution in [2.75, 3.05) is 25.1 Å². The zero-order chi connectivity index (χ0) is 13.7. The van der Waals surface area contributed by atoms with Crippen LogP contribution in [0.5, 0.6) is 5.75 Å². The largest absolute Gasteiger partial charge is 0.497 e. The highest BCUT2D eigenvalue weighted by Crippen LogP contribution is 2.23. The molecule has 0 aliphatic carbocycles. The van der Waals surface area contributed by atoms with Gasteiger partial charge in [-0.2, -0.15) is 5.26 Å². The number of hydrogen-bond acceptors (Lipinski definition) is 4. The highest BCUT2D eigenvalue weighted by atomic mass is 16.5. The Kier molecular flexibility index (Phi) is 4.24. The van der Waals surface area contributed by atoms with Crippen LogP contribution in [0.3, 0.4) is 0 Å². The zero-order valence-electron chi connectivity index (χ0n) is 10.9. The number of anilines is 1. The highest BCUT2D eigenvalue weighted by Gasteiger charge is 2.27. The highest BCUT2D eigenvalue weighted by molar-refractivity contribution is 5.86. The van der Waals surface area contributed by atoms with E-state index in [2.05, 4.69) is 11.4 Å². The van der Waals surface area contributed by atoms with E-state index in [-0.39, 0.29) is 12.3 Å². The Bertz CT molecular complexity index is 478. The fourth-order valence-electron chi connectivity index (χ4n) is 2.25. The van der Waals surface area contributed by atoms with Gasteiger partial charge in [0.2, 0.25) is 5.91 Å². The van der Waals surface area contributed by atoms with E-state index in [0.29, 0.717) is 6.54 Å². The molecule has 5 nitrogen and oxygen atoms in total. The summed E-state index contributed by atoms with van der Waals surface area (Å²) in [5.74, 6) is 0.703. The Hall–Kier alpha value is -2.22. The minimum atomic E-state index is -0.416. The molecule has 5 heteroatoms. The molecule has 0 spiro atoms. The van der Waals surface area contributed by atoms with Crippen molar-refractivity contribution in [3.63, 3.8) is 0 Å². The molecule has 2 rings (SSSR count). The Morgan fingerprint density at radius 2 is 2.21 bits per heavy atom. The number of benzene rings is 1. The number of amides is 1. The maximum Gasteiger partial charge on any atom is 0.243 e. The quantitative estimate of drug-likeness (QED) is 0.888. The molecule has 1 aliphatic rings. The van der Waals surface area contributed by atoms with Gasteiger partial charge in [0.05, 0.1) is 19.6 Å². The molecule has 1 heterocycles. The van der Waals surface area contributed by atoms with E-state index in [1.54, 1.807) is 7.11 Å². The van der Waals surface area contributed by atoms with Crippen LogP contribution in [0, 0.1) is 11.3 Å². The molecule has 1 unspecified atom stereocenters. The van der Waals surface area contributed by atoms with Crippen molar-refractivity contribution < 1.29 is 9.53 Å². The second kappa shape index (κ2) is 6.10. The van der Waals surface area contributed by atoms with Crippen LogP contribution >= 0.6 is 0 Å². The number of hydrogen-bond donors (Lipinski definition) is 1. The second-order valence-electron chi connectivity index (χ2n) is 4.41. The van der Waals surface area contributed by atoms with Gasteiger partial charge in [0, 0.05) is 18.8 Å². The molecular formula is C14H17N3O2. The average molecular weight is 259 g/mol. The maximum atomic E-state index is 12.0. The Morgan fingerprint density at radius 1 is 1.47 bits per heavy atom. The zero-order valence-corrected chi connectivity index (χ0v) is 10.9. The lowest BCUT2D eigenvalue weighted by atomic mass is 10.1. The Balaban J connectivity index is 2.26. The number of nitrogens with one attached hydrogen (secondary N) is 1. The van der Waals surface area contributed by atoms with E-state index >= 15 is 0 Å². The normalized spacial score (nSPS) is 19.3. The summed E-state index contributed by atoms with van der Waals surface area (Å²) in [6.45, 7) is 1.42. The van der Waals surface area contributed by atoms with Crippen molar-refractivity contribution in [2.24, 2.45) is 0 Å². The topological polar surface area (TPSA) is 65.4 Å². The molecule has 0 saturated carbocycles. The van der Waals surface area contributed by atoms with Crippen molar-refractivity contribution in [1.29, 1.82) is 5.26 Å². The van der Waals surface area contributed by atoms with Gasteiger partial charge in [-0.1, -0.05) is 0 Å². The molecule has 1 aromatic carbocycles. The van der Waals surface area contributed by atoms with Crippen LogP contribution in [0.4, 0.5) is 5.69 Å². The standard InChI is InChI=1S/C14H17N3O2/c1-19-12-5-3-11(4-6-12)17-10-2-9-16-14(18)13(17)7-8-15/h3-6,13H,2,7,9-10H2,1H3,(H,16,18). The summed E-state index contributed by atoms with van der Waals surface area (Å²) in [5, 5.41) is 11.7. The van der Waals surface area contributed by atoms with Gasteiger partial charge in [0.15, 0.2) is 0 Å². The molecule has 0 aromatic heterocycles. The van der Waals surface area contributed by atoms with E-state index in [1.165, 1.54) is 0 Å². The van der Waals surface area contributed by atoms with E-state index < -0.39 is 6.04 Å². The maximum absolute atomic E-state index is 12.0. The first-order valence-electron chi connectivity index (χ1n) is 6.31. The van der Waals surface area contributed by atoms with Gasteiger partial charge in [-0.3, -0.25) is 4.79 Å². The number of carbonyl (C=O) groups is 1. The van der Waals surface area contributed by atoms with Crippen LogP contribution < -0.4 is 15.0 Å². The Morgan fingerprint density at radius 3 is 2.84 bits per heavy atom. The molecule has 1 saturated heterocycles.